The molecule has 1 aromatic heterocycles. The number of nitro groups is 1. The number of hydrogen-bond donors (Lipinski definition) is 3. The zero-order valence-electron chi connectivity index (χ0n) is 12.5. The Morgan fingerprint density at radius 3 is 2.76 bits per heavy atom. The number of anilines is 2. The van der Waals surface area contributed by atoms with Gasteiger partial charge in [0.2, 0.25) is 5.82 Å². The molecule has 0 aromatic carbocycles. The molecule has 0 radical (unpaired) electrons. The van der Waals surface area contributed by atoms with Crippen molar-refractivity contribution in [3.63, 3.8) is 0 Å². The van der Waals surface area contributed by atoms with Gasteiger partial charge in [-0.05, 0) is 19.9 Å². The molecular weight excluding hydrogens is 276 g/mol. The normalized spacial score (nSPS) is 13.5. The molecule has 0 saturated carbocycles. The highest BCUT2D eigenvalue weighted by atomic mass is 16.6. The zero-order chi connectivity index (χ0) is 15.9. The summed E-state index contributed by atoms with van der Waals surface area (Å²) in [6, 6.07) is 2.94. The van der Waals surface area contributed by atoms with E-state index in [9.17, 15) is 15.2 Å². The number of nitrogens with zero attached hydrogens (tertiary/aromatic N) is 2. The molecule has 0 fully saturated rings. The average molecular weight is 298 g/mol. The minimum atomic E-state index is -1.04. The van der Waals surface area contributed by atoms with E-state index in [1.165, 1.54) is 6.07 Å². The minimum Gasteiger partial charge on any atom is -0.388 e. The first-order chi connectivity index (χ1) is 9.89. The number of methoxy groups -OCH3 is 1. The lowest BCUT2D eigenvalue weighted by Crippen LogP contribution is -2.35. The van der Waals surface area contributed by atoms with Crippen molar-refractivity contribution in [2.24, 2.45) is 0 Å². The molecule has 8 heteroatoms. The number of aliphatic hydroxyl groups is 1. The molecule has 0 aliphatic carbocycles. The summed E-state index contributed by atoms with van der Waals surface area (Å²) in [6.45, 7) is 4.75. The lowest BCUT2D eigenvalue weighted by atomic mass is 10.0. The summed E-state index contributed by atoms with van der Waals surface area (Å²) in [4.78, 5) is 14.7. The summed E-state index contributed by atoms with van der Waals surface area (Å²) >= 11 is 0. The van der Waals surface area contributed by atoms with Crippen molar-refractivity contribution in [3.05, 3.63) is 22.2 Å². The highest BCUT2D eigenvalue weighted by Gasteiger charge is 2.23. The van der Waals surface area contributed by atoms with Gasteiger partial charge in [-0.25, -0.2) is 4.98 Å². The van der Waals surface area contributed by atoms with Gasteiger partial charge in [-0.2, -0.15) is 0 Å². The Morgan fingerprint density at radius 1 is 1.48 bits per heavy atom. The molecule has 0 bridgehead atoms. The first-order valence-corrected chi connectivity index (χ1v) is 6.74. The Kier molecular flexibility index (Phi) is 6.32. The smallest absolute Gasteiger partial charge is 0.311 e. The summed E-state index contributed by atoms with van der Waals surface area (Å²) in [5.41, 5.74) is -1.17. The second kappa shape index (κ2) is 7.75. The van der Waals surface area contributed by atoms with Crippen LogP contribution in [0.5, 0.6) is 0 Å². The summed E-state index contributed by atoms with van der Waals surface area (Å²) in [5, 5.41) is 27.0. The standard InChI is InChI=1S/C13H22N4O4/c1-4-14-11-6-5-10(17(19)20)12(16-11)15-9-13(2,18)7-8-21-3/h5-6,18H,4,7-9H2,1-3H3,(H2,14,15,16). The molecule has 1 rings (SSSR count). The molecule has 0 aliphatic heterocycles. The van der Waals surface area contributed by atoms with Crippen LogP contribution in [-0.2, 0) is 4.74 Å². The Morgan fingerprint density at radius 2 is 2.19 bits per heavy atom. The van der Waals surface area contributed by atoms with E-state index in [0.29, 0.717) is 25.4 Å². The predicted octanol–water partition coefficient (Wildman–Crippen LogP) is 1.62. The van der Waals surface area contributed by atoms with E-state index in [-0.39, 0.29) is 18.1 Å². The molecule has 0 amide bonds. The fourth-order valence-electron chi connectivity index (χ4n) is 1.69. The average Bonchev–Trinajstić information content (AvgIpc) is 2.43. The van der Waals surface area contributed by atoms with Gasteiger partial charge in [-0.1, -0.05) is 0 Å². The lowest BCUT2D eigenvalue weighted by Gasteiger charge is -2.23. The van der Waals surface area contributed by atoms with Crippen LogP contribution < -0.4 is 10.6 Å². The van der Waals surface area contributed by atoms with Crippen molar-refractivity contribution in [1.29, 1.82) is 0 Å². The predicted molar refractivity (Wildman–Crippen MR) is 80.7 cm³/mol. The number of nitrogens with one attached hydrogen (secondary N) is 2. The zero-order valence-corrected chi connectivity index (χ0v) is 12.5. The second-order valence-electron chi connectivity index (χ2n) is 4.94. The number of aromatic nitrogens is 1. The maximum Gasteiger partial charge on any atom is 0.311 e. The molecule has 21 heavy (non-hydrogen) atoms. The van der Waals surface area contributed by atoms with Crippen LogP contribution in [0.3, 0.4) is 0 Å². The maximum absolute atomic E-state index is 11.0. The molecule has 0 aliphatic rings. The minimum absolute atomic E-state index is 0.126. The van der Waals surface area contributed by atoms with Crippen LogP contribution in [-0.4, -0.2) is 47.4 Å². The lowest BCUT2D eigenvalue weighted by molar-refractivity contribution is -0.384. The fraction of sp³-hybridized carbons (Fsp3) is 0.615. The Balaban J connectivity index is 2.84. The molecule has 0 spiro atoms. The van der Waals surface area contributed by atoms with Crippen LogP contribution >= 0.6 is 0 Å². The topological polar surface area (TPSA) is 110 Å². The molecule has 8 nitrogen and oxygen atoms in total. The molecule has 0 saturated heterocycles. The van der Waals surface area contributed by atoms with Gasteiger partial charge in [-0.3, -0.25) is 10.1 Å². The van der Waals surface area contributed by atoms with Crippen LogP contribution in [0.15, 0.2) is 12.1 Å². The summed E-state index contributed by atoms with van der Waals surface area (Å²) < 4.78 is 4.92. The van der Waals surface area contributed by atoms with E-state index in [2.05, 4.69) is 15.6 Å². The van der Waals surface area contributed by atoms with Crippen molar-refractivity contribution in [2.45, 2.75) is 25.9 Å². The highest BCUT2D eigenvalue weighted by Crippen LogP contribution is 2.24. The second-order valence-corrected chi connectivity index (χ2v) is 4.94. The fourth-order valence-corrected chi connectivity index (χ4v) is 1.69. The first kappa shape index (κ1) is 17.1. The summed E-state index contributed by atoms with van der Waals surface area (Å²) in [5.74, 6) is 0.679. The van der Waals surface area contributed by atoms with Crippen molar-refractivity contribution in [1.82, 2.24) is 4.98 Å². The van der Waals surface area contributed by atoms with E-state index in [4.69, 9.17) is 4.74 Å². The van der Waals surface area contributed by atoms with E-state index in [1.807, 2.05) is 6.92 Å². The van der Waals surface area contributed by atoms with Gasteiger partial charge in [-0.15, -0.1) is 0 Å². The largest absolute Gasteiger partial charge is 0.388 e. The summed E-state index contributed by atoms with van der Waals surface area (Å²) in [6.07, 6.45) is 0.414. The quantitative estimate of drug-likeness (QED) is 0.469. The number of hydrogen-bond acceptors (Lipinski definition) is 7. The number of pyridine rings is 1. The van der Waals surface area contributed by atoms with Crippen molar-refractivity contribution >= 4 is 17.3 Å². The molecule has 1 heterocycles. The van der Waals surface area contributed by atoms with Gasteiger partial charge in [0.05, 0.1) is 10.5 Å². The molecule has 1 unspecified atom stereocenters. The third kappa shape index (κ3) is 5.52. The van der Waals surface area contributed by atoms with Crippen LogP contribution in [0.4, 0.5) is 17.3 Å². The Hall–Kier alpha value is -1.93. The van der Waals surface area contributed by atoms with Gasteiger partial charge in [0.1, 0.15) is 5.82 Å². The molecule has 118 valence electrons. The van der Waals surface area contributed by atoms with Crippen LogP contribution in [0.2, 0.25) is 0 Å². The molecule has 1 aromatic rings. The SMILES string of the molecule is CCNc1ccc([N+](=O)[O-])c(NCC(C)(O)CCOC)n1. The molecular formula is C13H22N4O4. The third-order valence-corrected chi connectivity index (χ3v) is 2.91. The van der Waals surface area contributed by atoms with Gasteiger partial charge < -0.3 is 20.5 Å². The van der Waals surface area contributed by atoms with Gasteiger partial charge in [0.15, 0.2) is 0 Å². The van der Waals surface area contributed by atoms with Gasteiger partial charge in [0, 0.05) is 39.3 Å². The highest BCUT2D eigenvalue weighted by molar-refractivity contribution is 5.60. The van der Waals surface area contributed by atoms with Crippen LogP contribution in [0, 0.1) is 10.1 Å². The van der Waals surface area contributed by atoms with E-state index >= 15 is 0 Å². The van der Waals surface area contributed by atoms with E-state index < -0.39 is 10.5 Å². The first-order valence-electron chi connectivity index (χ1n) is 6.74. The van der Waals surface area contributed by atoms with E-state index in [1.54, 1.807) is 20.1 Å². The maximum atomic E-state index is 11.0. The summed E-state index contributed by atoms with van der Waals surface area (Å²) in [7, 11) is 1.55. The Labute approximate surface area is 123 Å². The Bertz CT molecular complexity index is 479. The number of rotatable bonds is 9. The van der Waals surface area contributed by atoms with Crippen LogP contribution in [0.25, 0.3) is 0 Å². The third-order valence-electron chi connectivity index (χ3n) is 2.91. The van der Waals surface area contributed by atoms with Gasteiger partial charge >= 0.3 is 5.69 Å². The van der Waals surface area contributed by atoms with Crippen molar-refractivity contribution in [2.75, 3.05) is 37.4 Å². The van der Waals surface area contributed by atoms with Crippen molar-refractivity contribution < 1.29 is 14.8 Å². The number of ether oxygens (including phenoxy) is 1. The molecule has 1 atom stereocenters. The van der Waals surface area contributed by atoms with Gasteiger partial charge in [0.25, 0.3) is 0 Å². The van der Waals surface area contributed by atoms with Crippen LogP contribution in [0.1, 0.15) is 20.3 Å². The molecule has 3 N–H and O–H groups in total. The van der Waals surface area contributed by atoms with E-state index in [0.717, 1.165) is 0 Å². The van der Waals surface area contributed by atoms with Crippen molar-refractivity contribution in [3.8, 4) is 0 Å². The monoisotopic (exact) mass is 298 g/mol.